The highest BCUT2D eigenvalue weighted by molar-refractivity contribution is 5.99. The lowest BCUT2D eigenvalue weighted by molar-refractivity contribution is -0.155. The van der Waals surface area contributed by atoms with Gasteiger partial charge in [-0.2, -0.15) is 0 Å². The zero-order chi connectivity index (χ0) is 10.3. The number of fused-ring (bicyclic) bond motifs is 1. The SMILES string of the molecule is O=CCC1C(=O)N2C(C(=O)O)=CCC12. The quantitative estimate of drug-likeness (QED) is 0.498. The van der Waals surface area contributed by atoms with Crippen molar-refractivity contribution in [3.8, 4) is 0 Å². The molecule has 0 aromatic heterocycles. The first-order valence-corrected chi connectivity index (χ1v) is 4.37. The van der Waals surface area contributed by atoms with E-state index in [2.05, 4.69) is 0 Å². The standard InChI is InChI=1S/C9H9NO4/c11-4-3-5-6-1-2-7(9(13)14)10(6)8(5)12/h2,4-6H,1,3H2,(H,13,14). The molecule has 5 nitrogen and oxygen atoms in total. The van der Waals surface area contributed by atoms with E-state index in [1.165, 1.54) is 11.0 Å². The third-order valence-corrected chi connectivity index (χ3v) is 2.73. The van der Waals surface area contributed by atoms with E-state index in [-0.39, 0.29) is 30.0 Å². The summed E-state index contributed by atoms with van der Waals surface area (Å²) >= 11 is 0. The molecule has 1 fully saturated rings. The molecule has 0 bridgehead atoms. The van der Waals surface area contributed by atoms with Gasteiger partial charge in [0.2, 0.25) is 5.91 Å². The first kappa shape index (κ1) is 8.93. The summed E-state index contributed by atoms with van der Waals surface area (Å²) in [4.78, 5) is 33.6. The lowest BCUT2D eigenvalue weighted by atomic mass is 9.85. The predicted octanol–water partition coefficient (Wildman–Crippen LogP) is -0.225. The number of β-lactam (4-membered cyclic amide) rings is 1. The average molecular weight is 195 g/mol. The Morgan fingerprint density at radius 1 is 1.71 bits per heavy atom. The Hall–Kier alpha value is -1.65. The fourth-order valence-electron chi connectivity index (χ4n) is 2.05. The maximum absolute atomic E-state index is 11.4. The van der Waals surface area contributed by atoms with Crippen LogP contribution in [-0.2, 0) is 14.4 Å². The minimum absolute atomic E-state index is 0.0575. The van der Waals surface area contributed by atoms with E-state index in [4.69, 9.17) is 5.11 Å². The molecule has 0 saturated carbocycles. The van der Waals surface area contributed by atoms with Gasteiger partial charge in [0.15, 0.2) is 0 Å². The van der Waals surface area contributed by atoms with Gasteiger partial charge in [-0.15, -0.1) is 0 Å². The number of carbonyl (C=O) groups is 3. The Bertz CT molecular complexity index is 347. The lowest BCUT2D eigenvalue weighted by Crippen LogP contribution is -2.58. The highest BCUT2D eigenvalue weighted by Gasteiger charge is 2.51. The number of nitrogens with zero attached hydrogens (tertiary/aromatic N) is 1. The van der Waals surface area contributed by atoms with Crippen LogP contribution in [-0.4, -0.2) is 34.2 Å². The van der Waals surface area contributed by atoms with E-state index in [1.807, 2.05) is 0 Å². The van der Waals surface area contributed by atoms with Crippen LogP contribution in [0.15, 0.2) is 11.8 Å². The fraction of sp³-hybridized carbons (Fsp3) is 0.444. The average Bonchev–Trinajstić information content (AvgIpc) is 2.54. The second-order valence-electron chi connectivity index (χ2n) is 3.41. The molecule has 2 atom stereocenters. The molecule has 5 heteroatoms. The Balaban J connectivity index is 2.13. The van der Waals surface area contributed by atoms with Crippen LogP contribution >= 0.6 is 0 Å². The summed E-state index contributed by atoms with van der Waals surface area (Å²) < 4.78 is 0. The molecule has 14 heavy (non-hydrogen) atoms. The molecule has 1 saturated heterocycles. The van der Waals surface area contributed by atoms with Crippen LogP contribution in [0.4, 0.5) is 0 Å². The Labute approximate surface area is 80.0 Å². The largest absolute Gasteiger partial charge is 0.477 e. The Morgan fingerprint density at radius 2 is 2.43 bits per heavy atom. The van der Waals surface area contributed by atoms with Crippen LogP contribution in [0.5, 0.6) is 0 Å². The van der Waals surface area contributed by atoms with Crippen LogP contribution in [0.3, 0.4) is 0 Å². The van der Waals surface area contributed by atoms with E-state index in [0.29, 0.717) is 12.7 Å². The Kier molecular flexibility index (Phi) is 1.87. The molecule has 2 aliphatic rings. The summed E-state index contributed by atoms with van der Waals surface area (Å²) in [6.07, 6.45) is 2.99. The van der Waals surface area contributed by atoms with Gasteiger partial charge in [-0.25, -0.2) is 4.79 Å². The summed E-state index contributed by atoms with van der Waals surface area (Å²) in [7, 11) is 0. The van der Waals surface area contributed by atoms with Gasteiger partial charge >= 0.3 is 5.97 Å². The van der Waals surface area contributed by atoms with Gasteiger partial charge in [-0.1, -0.05) is 6.08 Å². The molecule has 2 unspecified atom stereocenters. The maximum atomic E-state index is 11.4. The molecule has 2 heterocycles. The van der Waals surface area contributed by atoms with Crippen molar-refractivity contribution in [1.82, 2.24) is 4.90 Å². The number of rotatable bonds is 3. The monoisotopic (exact) mass is 195 g/mol. The number of carbonyl (C=O) groups excluding carboxylic acids is 2. The molecule has 0 aromatic rings. The Morgan fingerprint density at radius 3 is 3.00 bits per heavy atom. The third kappa shape index (κ3) is 0.982. The van der Waals surface area contributed by atoms with Crippen molar-refractivity contribution in [3.05, 3.63) is 11.8 Å². The minimum Gasteiger partial charge on any atom is -0.477 e. The second-order valence-corrected chi connectivity index (χ2v) is 3.41. The van der Waals surface area contributed by atoms with Gasteiger partial charge in [0, 0.05) is 6.42 Å². The van der Waals surface area contributed by atoms with Crippen molar-refractivity contribution >= 4 is 18.2 Å². The van der Waals surface area contributed by atoms with Gasteiger partial charge in [0.1, 0.15) is 12.0 Å². The number of aliphatic carboxylic acids is 1. The summed E-state index contributed by atoms with van der Waals surface area (Å²) in [6.45, 7) is 0. The number of carboxylic acid groups (broad SMARTS) is 1. The van der Waals surface area contributed by atoms with Crippen molar-refractivity contribution in [1.29, 1.82) is 0 Å². The third-order valence-electron chi connectivity index (χ3n) is 2.73. The normalized spacial score (nSPS) is 29.3. The number of aldehydes is 1. The predicted molar refractivity (Wildman–Crippen MR) is 45.1 cm³/mol. The molecule has 0 spiro atoms. The summed E-state index contributed by atoms with van der Waals surface area (Å²) in [5, 5.41) is 8.74. The van der Waals surface area contributed by atoms with E-state index in [0.717, 1.165) is 0 Å². The summed E-state index contributed by atoms with van der Waals surface area (Å²) in [5.41, 5.74) is 0.0575. The molecular weight excluding hydrogens is 186 g/mol. The van der Waals surface area contributed by atoms with E-state index in [1.54, 1.807) is 0 Å². The zero-order valence-corrected chi connectivity index (χ0v) is 7.34. The van der Waals surface area contributed by atoms with E-state index >= 15 is 0 Å². The molecule has 1 amide bonds. The fourth-order valence-corrected chi connectivity index (χ4v) is 2.05. The van der Waals surface area contributed by atoms with Crippen LogP contribution in [0.2, 0.25) is 0 Å². The van der Waals surface area contributed by atoms with Crippen molar-refractivity contribution in [2.75, 3.05) is 0 Å². The highest BCUT2D eigenvalue weighted by atomic mass is 16.4. The van der Waals surface area contributed by atoms with Crippen LogP contribution in [0.25, 0.3) is 0 Å². The number of hydrogen-bond donors (Lipinski definition) is 1. The van der Waals surface area contributed by atoms with Gasteiger partial charge in [-0.3, -0.25) is 4.79 Å². The molecule has 0 aliphatic carbocycles. The van der Waals surface area contributed by atoms with Crippen molar-refractivity contribution in [2.45, 2.75) is 18.9 Å². The van der Waals surface area contributed by atoms with Crippen LogP contribution in [0.1, 0.15) is 12.8 Å². The van der Waals surface area contributed by atoms with Gasteiger partial charge in [0.05, 0.1) is 12.0 Å². The van der Waals surface area contributed by atoms with Gasteiger partial charge in [0.25, 0.3) is 0 Å². The smallest absolute Gasteiger partial charge is 0.352 e. The minimum atomic E-state index is -1.08. The van der Waals surface area contributed by atoms with Crippen molar-refractivity contribution in [3.63, 3.8) is 0 Å². The molecule has 1 N–H and O–H groups in total. The first-order valence-electron chi connectivity index (χ1n) is 4.37. The summed E-state index contributed by atoms with van der Waals surface area (Å²) in [5.74, 6) is -1.63. The van der Waals surface area contributed by atoms with Crippen molar-refractivity contribution < 1.29 is 19.5 Å². The number of carboxylic acids is 1. The topological polar surface area (TPSA) is 74.7 Å². The van der Waals surface area contributed by atoms with Crippen LogP contribution < -0.4 is 0 Å². The molecule has 74 valence electrons. The maximum Gasteiger partial charge on any atom is 0.352 e. The summed E-state index contributed by atoms with van der Waals surface area (Å²) in [6, 6.07) is -0.0983. The molecule has 2 aliphatic heterocycles. The number of amides is 1. The molecular formula is C9H9NO4. The van der Waals surface area contributed by atoms with Gasteiger partial charge < -0.3 is 14.8 Å². The van der Waals surface area contributed by atoms with Crippen molar-refractivity contribution in [2.24, 2.45) is 5.92 Å². The molecule has 0 radical (unpaired) electrons. The van der Waals surface area contributed by atoms with E-state index < -0.39 is 5.97 Å². The van der Waals surface area contributed by atoms with Gasteiger partial charge in [-0.05, 0) is 6.42 Å². The molecule has 0 aromatic carbocycles. The second kappa shape index (κ2) is 2.94. The lowest BCUT2D eigenvalue weighted by Gasteiger charge is -2.42. The van der Waals surface area contributed by atoms with Crippen LogP contribution in [0, 0.1) is 5.92 Å². The van der Waals surface area contributed by atoms with E-state index in [9.17, 15) is 14.4 Å². The molecule has 2 rings (SSSR count). The number of hydrogen-bond acceptors (Lipinski definition) is 3. The first-order chi connectivity index (χ1) is 6.66. The zero-order valence-electron chi connectivity index (χ0n) is 7.34. The highest BCUT2D eigenvalue weighted by Crippen LogP contribution is 2.39.